The van der Waals surface area contributed by atoms with E-state index in [1.165, 1.54) is 6.33 Å². The van der Waals surface area contributed by atoms with E-state index in [2.05, 4.69) is 32.5 Å². The van der Waals surface area contributed by atoms with Crippen molar-refractivity contribution in [1.82, 2.24) is 19.9 Å². The quantitative estimate of drug-likeness (QED) is 0.304. The Hall–Kier alpha value is -4.50. The zero-order valence-electron chi connectivity index (χ0n) is 21.7. The molecule has 38 heavy (non-hydrogen) atoms. The van der Waals surface area contributed by atoms with Crippen molar-refractivity contribution < 1.29 is 14.3 Å². The maximum Gasteiger partial charge on any atom is 0.251 e. The van der Waals surface area contributed by atoms with Gasteiger partial charge >= 0.3 is 0 Å². The van der Waals surface area contributed by atoms with E-state index in [1.54, 1.807) is 6.92 Å². The van der Waals surface area contributed by atoms with Crippen LogP contribution in [-0.4, -0.2) is 52.7 Å². The van der Waals surface area contributed by atoms with Crippen LogP contribution in [0.1, 0.15) is 23.7 Å². The minimum atomic E-state index is -0.221. The molecule has 4 aromatic rings. The van der Waals surface area contributed by atoms with E-state index in [9.17, 15) is 9.59 Å². The SMILES string of the molecule is C=C(C)C(=O)Nc1ccc(-c2c(-c3ccc(C(=O)NCC4CCO4)cc3)c3c(NC)ncnc3n2C)cc1. The van der Waals surface area contributed by atoms with Gasteiger partial charge in [0.15, 0.2) is 0 Å². The van der Waals surface area contributed by atoms with Gasteiger partial charge in [0, 0.05) is 49.6 Å². The maximum absolute atomic E-state index is 12.7. The molecular formula is C29H30N6O3. The van der Waals surface area contributed by atoms with Crippen LogP contribution >= 0.6 is 0 Å². The molecule has 0 saturated carbocycles. The predicted molar refractivity (Wildman–Crippen MR) is 149 cm³/mol. The second-order valence-electron chi connectivity index (χ2n) is 9.33. The topological polar surface area (TPSA) is 110 Å². The number of carbonyl (C=O) groups is 2. The van der Waals surface area contributed by atoms with Crippen LogP contribution in [0.15, 0.2) is 67.0 Å². The van der Waals surface area contributed by atoms with Gasteiger partial charge in [-0.05, 0) is 48.7 Å². The van der Waals surface area contributed by atoms with Crippen molar-refractivity contribution in [3.05, 3.63) is 72.6 Å². The number of carbonyl (C=O) groups excluding carboxylic acids is 2. The highest BCUT2D eigenvalue weighted by Gasteiger charge is 2.23. The standard InChI is InChI=1S/C29H30N6O3/c1-17(2)28(36)34-21-11-9-19(10-12-21)25-23(24-26(30-3)32-16-33-27(24)35(25)4)18-5-7-20(8-6-18)29(37)31-15-22-13-14-38-22/h5-12,16,22H,1,13-15H2,2-4H3,(H,31,37)(H,34,36)(H,30,32,33). The number of anilines is 2. The molecule has 1 aliphatic rings. The van der Waals surface area contributed by atoms with Crippen LogP contribution in [0.2, 0.25) is 0 Å². The normalized spacial score (nSPS) is 14.6. The Morgan fingerprint density at radius 2 is 1.76 bits per heavy atom. The summed E-state index contributed by atoms with van der Waals surface area (Å²) in [6.45, 7) is 6.63. The van der Waals surface area contributed by atoms with E-state index in [4.69, 9.17) is 4.74 Å². The summed E-state index contributed by atoms with van der Waals surface area (Å²) in [4.78, 5) is 33.7. The van der Waals surface area contributed by atoms with Crippen LogP contribution in [0.25, 0.3) is 33.4 Å². The fraction of sp³-hybridized carbons (Fsp3) is 0.241. The Morgan fingerprint density at radius 3 is 2.37 bits per heavy atom. The molecule has 1 atom stereocenters. The van der Waals surface area contributed by atoms with E-state index in [0.29, 0.717) is 29.2 Å². The smallest absolute Gasteiger partial charge is 0.251 e. The van der Waals surface area contributed by atoms with Crippen molar-refractivity contribution in [2.75, 3.05) is 30.8 Å². The summed E-state index contributed by atoms with van der Waals surface area (Å²) in [5, 5.41) is 9.85. The zero-order chi connectivity index (χ0) is 26.8. The second kappa shape index (κ2) is 10.5. The highest BCUT2D eigenvalue weighted by atomic mass is 16.5. The van der Waals surface area contributed by atoms with Crippen molar-refractivity contribution >= 4 is 34.4 Å². The maximum atomic E-state index is 12.7. The van der Waals surface area contributed by atoms with Gasteiger partial charge in [-0.15, -0.1) is 0 Å². The van der Waals surface area contributed by atoms with Gasteiger partial charge in [0.05, 0.1) is 17.2 Å². The first-order chi connectivity index (χ1) is 18.4. The lowest BCUT2D eigenvalue weighted by Crippen LogP contribution is -2.39. The molecule has 0 spiro atoms. The van der Waals surface area contributed by atoms with Gasteiger partial charge in [-0.1, -0.05) is 30.8 Å². The first-order valence-electron chi connectivity index (χ1n) is 12.5. The van der Waals surface area contributed by atoms with Crippen molar-refractivity contribution in [2.24, 2.45) is 7.05 Å². The largest absolute Gasteiger partial charge is 0.376 e. The third kappa shape index (κ3) is 4.76. The first-order valence-corrected chi connectivity index (χ1v) is 12.5. The Morgan fingerprint density at radius 1 is 1.08 bits per heavy atom. The number of aromatic nitrogens is 3. The number of aryl methyl sites for hydroxylation is 1. The van der Waals surface area contributed by atoms with Crippen LogP contribution in [0.5, 0.6) is 0 Å². The summed E-state index contributed by atoms with van der Waals surface area (Å²) in [7, 11) is 3.80. The Kier molecular flexibility index (Phi) is 6.93. The zero-order valence-corrected chi connectivity index (χ0v) is 21.7. The van der Waals surface area contributed by atoms with Gasteiger partial charge in [-0.2, -0.15) is 0 Å². The number of hydrogen-bond donors (Lipinski definition) is 3. The summed E-state index contributed by atoms with van der Waals surface area (Å²) in [5.41, 5.74) is 6.23. The van der Waals surface area contributed by atoms with Crippen LogP contribution in [0.4, 0.5) is 11.5 Å². The first kappa shape index (κ1) is 25.2. The van der Waals surface area contributed by atoms with E-state index < -0.39 is 0 Å². The Balaban J connectivity index is 1.55. The molecule has 2 aromatic carbocycles. The van der Waals surface area contributed by atoms with Crippen LogP contribution < -0.4 is 16.0 Å². The van der Waals surface area contributed by atoms with E-state index in [-0.39, 0.29) is 17.9 Å². The van der Waals surface area contributed by atoms with E-state index in [0.717, 1.165) is 46.4 Å². The molecule has 1 saturated heterocycles. The molecule has 0 radical (unpaired) electrons. The van der Waals surface area contributed by atoms with E-state index >= 15 is 0 Å². The molecule has 3 heterocycles. The highest BCUT2D eigenvalue weighted by Crippen LogP contribution is 2.42. The number of nitrogens with one attached hydrogen (secondary N) is 3. The van der Waals surface area contributed by atoms with E-state index in [1.807, 2.05) is 67.2 Å². The molecule has 3 N–H and O–H groups in total. The van der Waals surface area contributed by atoms with Crippen molar-refractivity contribution in [1.29, 1.82) is 0 Å². The molecule has 2 amide bonds. The average molecular weight is 511 g/mol. The summed E-state index contributed by atoms with van der Waals surface area (Å²) >= 11 is 0. The predicted octanol–water partition coefficient (Wildman–Crippen LogP) is 4.38. The van der Waals surface area contributed by atoms with Gasteiger partial charge in [-0.3, -0.25) is 9.59 Å². The molecule has 2 aromatic heterocycles. The van der Waals surface area contributed by atoms with Crippen molar-refractivity contribution in [3.8, 4) is 22.4 Å². The lowest BCUT2D eigenvalue weighted by atomic mass is 9.97. The fourth-order valence-electron chi connectivity index (χ4n) is 4.55. The molecule has 9 heteroatoms. The number of nitrogens with zero attached hydrogens (tertiary/aromatic N) is 3. The molecule has 1 fully saturated rings. The summed E-state index contributed by atoms with van der Waals surface area (Å²) in [5.74, 6) is 0.359. The molecule has 194 valence electrons. The van der Waals surface area contributed by atoms with Crippen molar-refractivity contribution in [2.45, 2.75) is 19.4 Å². The van der Waals surface area contributed by atoms with Crippen LogP contribution in [-0.2, 0) is 16.6 Å². The third-order valence-electron chi connectivity index (χ3n) is 6.73. The van der Waals surface area contributed by atoms with Crippen LogP contribution in [0.3, 0.4) is 0 Å². The molecule has 0 bridgehead atoms. The molecular weight excluding hydrogens is 480 g/mol. The lowest BCUT2D eigenvalue weighted by molar-refractivity contribution is -0.112. The van der Waals surface area contributed by atoms with Gasteiger partial charge in [0.25, 0.3) is 11.8 Å². The number of benzene rings is 2. The number of amides is 2. The highest BCUT2D eigenvalue weighted by molar-refractivity contribution is 6.09. The molecule has 9 nitrogen and oxygen atoms in total. The Bertz CT molecular complexity index is 1520. The molecule has 0 aliphatic carbocycles. The fourth-order valence-corrected chi connectivity index (χ4v) is 4.55. The van der Waals surface area contributed by atoms with Gasteiger partial charge in [-0.25, -0.2) is 9.97 Å². The summed E-state index contributed by atoms with van der Waals surface area (Å²) < 4.78 is 7.43. The molecule has 5 rings (SSSR count). The second-order valence-corrected chi connectivity index (χ2v) is 9.33. The van der Waals surface area contributed by atoms with Crippen molar-refractivity contribution in [3.63, 3.8) is 0 Å². The minimum absolute atomic E-state index is 0.108. The van der Waals surface area contributed by atoms with Gasteiger partial charge in [0.1, 0.15) is 17.8 Å². The monoisotopic (exact) mass is 510 g/mol. The number of fused-ring (bicyclic) bond motifs is 1. The Labute approximate surface area is 220 Å². The molecule has 1 unspecified atom stereocenters. The number of rotatable bonds is 8. The number of ether oxygens (including phenoxy) is 1. The third-order valence-corrected chi connectivity index (χ3v) is 6.73. The molecule has 1 aliphatic heterocycles. The van der Waals surface area contributed by atoms with Crippen LogP contribution in [0, 0.1) is 0 Å². The minimum Gasteiger partial charge on any atom is -0.376 e. The summed E-state index contributed by atoms with van der Waals surface area (Å²) in [6, 6.07) is 15.2. The van der Waals surface area contributed by atoms with Gasteiger partial charge in [0.2, 0.25) is 0 Å². The average Bonchev–Trinajstić information content (AvgIpc) is 3.20. The number of hydrogen-bond acceptors (Lipinski definition) is 6. The lowest BCUT2D eigenvalue weighted by Gasteiger charge is -2.26. The van der Waals surface area contributed by atoms with Gasteiger partial charge < -0.3 is 25.3 Å². The summed E-state index contributed by atoms with van der Waals surface area (Å²) in [6.07, 6.45) is 2.62.